The summed E-state index contributed by atoms with van der Waals surface area (Å²) in [5, 5.41) is 2.88. The molecule has 5 nitrogen and oxygen atoms in total. The number of hydrogen-bond donors (Lipinski definition) is 2. The van der Waals surface area contributed by atoms with Crippen LogP contribution in [0.1, 0.15) is 15.9 Å². The molecule has 0 saturated carbocycles. The Balaban J connectivity index is 1.79. The summed E-state index contributed by atoms with van der Waals surface area (Å²) in [6, 6.07) is 11.5. The van der Waals surface area contributed by atoms with Crippen LogP contribution < -0.4 is 5.32 Å². The zero-order valence-electron chi connectivity index (χ0n) is 10.1. The molecule has 0 radical (unpaired) electrons. The van der Waals surface area contributed by atoms with Crippen LogP contribution in [0.3, 0.4) is 0 Å². The molecule has 0 bridgehead atoms. The van der Waals surface area contributed by atoms with Crippen molar-refractivity contribution < 1.29 is 4.79 Å². The molecule has 0 atom stereocenters. The van der Waals surface area contributed by atoms with E-state index in [1.54, 1.807) is 12.3 Å². The summed E-state index contributed by atoms with van der Waals surface area (Å²) in [6.45, 7) is 0.498. The highest BCUT2D eigenvalue weighted by molar-refractivity contribution is 6.03. The maximum absolute atomic E-state index is 12.1. The summed E-state index contributed by atoms with van der Waals surface area (Å²) >= 11 is 0. The largest absolute Gasteiger partial charge is 0.348 e. The molecule has 0 aliphatic rings. The van der Waals surface area contributed by atoms with Crippen LogP contribution >= 0.6 is 0 Å². The second-order valence-corrected chi connectivity index (χ2v) is 4.13. The van der Waals surface area contributed by atoms with Crippen LogP contribution in [0.15, 0.2) is 48.9 Å². The molecule has 2 aromatic heterocycles. The Kier molecular flexibility index (Phi) is 2.94. The summed E-state index contributed by atoms with van der Waals surface area (Å²) in [4.78, 5) is 23.2. The number of hydrogen-bond acceptors (Lipinski definition) is 3. The molecule has 3 rings (SSSR count). The molecule has 2 heterocycles. The van der Waals surface area contributed by atoms with Gasteiger partial charge in [-0.05, 0) is 11.6 Å². The van der Waals surface area contributed by atoms with Crippen LogP contribution in [-0.2, 0) is 6.54 Å². The van der Waals surface area contributed by atoms with Gasteiger partial charge in [0, 0.05) is 12.7 Å². The lowest BCUT2D eigenvalue weighted by Crippen LogP contribution is -2.23. The molecule has 0 saturated heterocycles. The first-order chi connectivity index (χ1) is 9.34. The normalized spacial score (nSPS) is 10.5. The van der Waals surface area contributed by atoms with Crippen molar-refractivity contribution in [3.05, 3.63) is 60.0 Å². The van der Waals surface area contributed by atoms with Gasteiger partial charge in [0.2, 0.25) is 0 Å². The van der Waals surface area contributed by atoms with E-state index in [-0.39, 0.29) is 5.91 Å². The summed E-state index contributed by atoms with van der Waals surface area (Å²) in [7, 11) is 0. The number of nitrogens with zero attached hydrogens (tertiary/aromatic N) is 2. The minimum Gasteiger partial charge on any atom is -0.348 e. The van der Waals surface area contributed by atoms with Crippen LogP contribution in [0.5, 0.6) is 0 Å². The lowest BCUT2D eigenvalue weighted by molar-refractivity contribution is 0.0952. The predicted octanol–water partition coefficient (Wildman–Crippen LogP) is 1.89. The van der Waals surface area contributed by atoms with Gasteiger partial charge in [0.1, 0.15) is 0 Å². The molecule has 0 aliphatic carbocycles. The first-order valence-electron chi connectivity index (χ1n) is 5.95. The first-order valence-corrected chi connectivity index (χ1v) is 5.95. The van der Waals surface area contributed by atoms with Crippen LogP contribution in [0.4, 0.5) is 0 Å². The van der Waals surface area contributed by atoms with E-state index in [0.717, 1.165) is 5.56 Å². The van der Waals surface area contributed by atoms with E-state index in [1.165, 1.54) is 6.33 Å². The van der Waals surface area contributed by atoms with Crippen molar-refractivity contribution in [3.63, 3.8) is 0 Å². The summed E-state index contributed by atoms with van der Waals surface area (Å²) in [5.74, 6) is -0.138. The number of carbonyl (C=O) groups excluding carboxylic acids is 1. The fourth-order valence-corrected chi connectivity index (χ4v) is 1.91. The number of nitrogens with one attached hydrogen (secondary N) is 2. The minimum absolute atomic E-state index is 0.138. The van der Waals surface area contributed by atoms with Gasteiger partial charge < -0.3 is 10.3 Å². The van der Waals surface area contributed by atoms with Gasteiger partial charge in [-0.15, -0.1) is 0 Å². The molecule has 0 aliphatic heterocycles. The summed E-state index contributed by atoms with van der Waals surface area (Å²) < 4.78 is 0. The van der Waals surface area contributed by atoms with Crippen LogP contribution in [0, 0.1) is 0 Å². The molecule has 3 aromatic rings. The van der Waals surface area contributed by atoms with Crippen LogP contribution in [0.2, 0.25) is 0 Å². The van der Waals surface area contributed by atoms with E-state index in [2.05, 4.69) is 20.3 Å². The number of H-pyrrole nitrogens is 1. The molecular formula is C14H12N4O. The van der Waals surface area contributed by atoms with E-state index in [9.17, 15) is 4.79 Å². The second-order valence-electron chi connectivity index (χ2n) is 4.13. The fraction of sp³-hybridized carbons (Fsp3) is 0.0714. The van der Waals surface area contributed by atoms with Gasteiger partial charge in [0.15, 0.2) is 5.65 Å². The van der Waals surface area contributed by atoms with E-state index < -0.39 is 0 Å². The highest BCUT2D eigenvalue weighted by Gasteiger charge is 2.11. The smallest absolute Gasteiger partial charge is 0.253 e. The number of aromatic amines is 1. The van der Waals surface area contributed by atoms with Gasteiger partial charge in [-0.2, -0.15) is 0 Å². The Hall–Kier alpha value is -2.69. The van der Waals surface area contributed by atoms with E-state index in [1.807, 2.05) is 30.3 Å². The van der Waals surface area contributed by atoms with E-state index in [4.69, 9.17) is 0 Å². The zero-order chi connectivity index (χ0) is 13.1. The standard InChI is InChI=1S/C14H12N4O/c19-14(16-8-10-4-2-1-3-5-10)11-6-7-15-13-12(11)17-9-18-13/h1-7,9H,8H2,(H,16,19)(H,15,17,18). The molecule has 0 spiro atoms. The number of imidazole rings is 1. The number of benzene rings is 1. The van der Waals surface area contributed by atoms with Crippen LogP contribution in [0.25, 0.3) is 11.2 Å². The van der Waals surface area contributed by atoms with Gasteiger partial charge in [-0.1, -0.05) is 30.3 Å². The fourth-order valence-electron chi connectivity index (χ4n) is 1.91. The zero-order valence-corrected chi connectivity index (χ0v) is 10.1. The molecular weight excluding hydrogens is 240 g/mol. The summed E-state index contributed by atoms with van der Waals surface area (Å²) in [5.41, 5.74) is 2.82. The van der Waals surface area contributed by atoms with Crippen molar-refractivity contribution in [2.24, 2.45) is 0 Å². The van der Waals surface area contributed by atoms with E-state index >= 15 is 0 Å². The second kappa shape index (κ2) is 4.89. The average Bonchev–Trinajstić information content (AvgIpc) is 2.94. The SMILES string of the molecule is O=C(NCc1ccccc1)c1ccnc2nc[nH]c12. The van der Waals surface area contributed by atoms with Crippen LogP contribution in [-0.4, -0.2) is 20.9 Å². The van der Waals surface area contributed by atoms with Gasteiger partial charge in [-0.3, -0.25) is 4.79 Å². The third-order valence-corrected chi connectivity index (χ3v) is 2.87. The van der Waals surface area contributed by atoms with E-state index in [0.29, 0.717) is 23.3 Å². The molecule has 5 heteroatoms. The van der Waals surface area contributed by atoms with Gasteiger partial charge >= 0.3 is 0 Å². The van der Waals surface area contributed by atoms with Gasteiger partial charge in [-0.25, -0.2) is 9.97 Å². The van der Waals surface area contributed by atoms with Gasteiger partial charge in [0.05, 0.1) is 17.4 Å². The average molecular weight is 252 g/mol. The molecule has 0 unspecified atom stereocenters. The maximum atomic E-state index is 12.1. The molecule has 19 heavy (non-hydrogen) atoms. The molecule has 1 aromatic carbocycles. The quantitative estimate of drug-likeness (QED) is 0.747. The Morgan fingerprint density at radius 3 is 2.84 bits per heavy atom. The van der Waals surface area contributed by atoms with Crippen molar-refractivity contribution in [1.29, 1.82) is 0 Å². The number of amides is 1. The monoisotopic (exact) mass is 252 g/mol. The number of carbonyl (C=O) groups is 1. The highest BCUT2D eigenvalue weighted by Crippen LogP contribution is 2.12. The number of aromatic nitrogens is 3. The Morgan fingerprint density at radius 2 is 2.00 bits per heavy atom. The molecule has 1 amide bonds. The molecule has 94 valence electrons. The van der Waals surface area contributed by atoms with Crippen molar-refractivity contribution in [2.75, 3.05) is 0 Å². The highest BCUT2D eigenvalue weighted by atomic mass is 16.1. The third-order valence-electron chi connectivity index (χ3n) is 2.87. The van der Waals surface area contributed by atoms with Crippen molar-refractivity contribution in [1.82, 2.24) is 20.3 Å². The van der Waals surface area contributed by atoms with Crippen molar-refractivity contribution in [2.45, 2.75) is 6.54 Å². The maximum Gasteiger partial charge on any atom is 0.253 e. The topological polar surface area (TPSA) is 70.7 Å². The third kappa shape index (κ3) is 2.30. The lowest BCUT2D eigenvalue weighted by atomic mass is 10.2. The Morgan fingerprint density at radius 1 is 1.16 bits per heavy atom. The molecule has 0 fully saturated rings. The number of pyridine rings is 1. The Bertz CT molecular complexity index is 706. The summed E-state index contributed by atoms with van der Waals surface area (Å²) in [6.07, 6.45) is 3.12. The number of rotatable bonds is 3. The van der Waals surface area contributed by atoms with Gasteiger partial charge in [0.25, 0.3) is 5.91 Å². The van der Waals surface area contributed by atoms with Crippen molar-refractivity contribution >= 4 is 17.1 Å². The first kappa shape index (κ1) is 11.4. The number of fused-ring (bicyclic) bond motifs is 1. The Labute approximate surface area is 109 Å². The van der Waals surface area contributed by atoms with Crippen molar-refractivity contribution in [3.8, 4) is 0 Å². The molecule has 2 N–H and O–H groups in total. The lowest BCUT2D eigenvalue weighted by Gasteiger charge is -2.05. The minimum atomic E-state index is -0.138. The predicted molar refractivity (Wildman–Crippen MR) is 71.5 cm³/mol.